The highest BCUT2D eigenvalue weighted by atomic mass is 16.6. The quantitative estimate of drug-likeness (QED) is 0.250. The lowest BCUT2D eigenvalue weighted by molar-refractivity contribution is -0.386. The number of nitrogens with zero attached hydrogens (tertiary/aromatic N) is 2. The second-order valence-corrected chi connectivity index (χ2v) is 4.52. The molecule has 114 valence electrons. The van der Waals surface area contributed by atoms with E-state index in [-0.39, 0.29) is 6.54 Å². The number of hydrogen-bond acceptors (Lipinski definition) is 7. The molecule has 2 unspecified atom stereocenters. The third-order valence-electron chi connectivity index (χ3n) is 3.13. The van der Waals surface area contributed by atoms with Crippen LogP contribution in [0.2, 0.25) is 0 Å². The van der Waals surface area contributed by atoms with Gasteiger partial charge in [0.2, 0.25) is 0 Å². The molecular formula is C10H13N5O6. The van der Waals surface area contributed by atoms with E-state index < -0.39 is 40.0 Å². The van der Waals surface area contributed by atoms with E-state index in [1.54, 1.807) is 0 Å². The van der Waals surface area contributed by atoms with Crippen LogP contribution in [-0.4, -0.2) is 32.6 Å². The first-order chi connectivity index (χ1) is 9.92. The van der Waals surface area contributed by atoms with E-state index in [1.807, 2.05) is 10.4 Å². The van der Waals surface area contributed by atoms with E-state index in [1.165, 1.54) is 0 Å². The minimum Gasteiger partial charge on any atom is -0.363 e. The first-order valence-electron chi connectivity index (χ1n) is 6.06. The molecule has 2 rings (SSSR count). The van der Waals surface area contributed by atoms with E-state index in [4.69, 9.17) is 10.6 Å². The number of aromatic amines is 1. The number of amides is 1. The summed E-state index contributed by atoms with van der Waals surface area (Å²) in [5, 5.41) is 10.7. The van der Waals surface area contributed by atoms with Crippen LogP contribution in [0.4, 0.5) is 5.69 Å². The van der Waals surface area contributed by atoms with Crippen molar-refractivity contribution >= 4 is 11.6 Å². The molecule has 0 aliphatic carbocycles. The largest absolute Gasteiger partial charge is 0.363 e. The van der Waals surface area contributed by atoms with Gasteiger partial charge < -0.3 is 4.74 Å². The maximum atomic E-state index is 11.6. The lowest BCUT2D eigenvalue weighted by Crippen LogP contribution is -2.39. The number of aromatic nitrogens is 2. The molecule has 1 fully saturated rings. The average molecular weight is 299 g/mol. The van der Waals surface area contributed by atoms with E-state index in [9.17, 15) is 24.5 Å². The van der Waals surface area contributed by atoms with E-state index in [0.717, 1.165) is 10.8 Å². The van der Waals surface area contributed by atoms with Crippen LogP contribution in [0.15, 0.2) is 15.8 Å². The highest BCUT2D eigenvalue weighted by Gasteiger charge is 2.31. The summed E-state index contributed by atoms with van der Waals surface area (Å²) >= 11 is 0. The van der Waals surface area contributed by atoms with Gasteiger partial charge in [-0.2, -0.15) is 0 Å². The molecule has 2 heterocycles. The molecule has 1 aliphatic rings. The van der Waals surface area contributed by atoms with Gasteiger partial charge in [-0.15, -0.1) is 0 Å². The summed E-state index contributed by atoms with van der Waals surface area (Å²) in [6.07, 6.45) is 0.579. The molecule has 0 saturated carbocycles. The lowest BCUT2D eigenvalue weighted by Gasteiger charge is -2.13. The first-order valence-corrected chi connectivity index (χ1v) is 6.06. The summed E-state index contributed by atoms with van der Waals surface area (Å²) in [6, 6.07) is 0. The van der Waals surface area contributed by atoms with Crippen molar-refractivity contribution in [2.24, 2.45) is 5.84 Å². The van der Waals surface area contributed by atoms with E-state index in [0.29, 0.717) is 12.8 Å². The number of hydrazine groups is 1. The van der Waals surface area contributed by atoms with Gasteiger partial charge in [0.25, 0.3) is 5.91 Å². The zero-order valence-corrected chi connectivity index (χ0v) is 10.8. The molecule has 1 aromatic rings. The molecule has 11 heteroatoms. The van der Waals surface area contributed by atoms with Gasteiger partial charge in [-0.25, -0.2) is 10.6 Å². The lowest BCUT2D eigenvalue weighted by atomic mass is 10.2. The van der Waals surface area contributed by atoms with Gasteiger partial charge in [-0.1, -0.05) is 0 Å². The van der Waals surface area contributed by atoms with Gasteiger partial charge in [0.1, 0.15) is 6.10 Å². The molecule has 0 aromatic carbocycles. The summed E-state index contributed by atoms with van der Waals surface area (Å²) in [5.41, 5.74) is -0.606. The van der Waals surface area contributed by atoms with Crippen LogP contribution in [0.3, 0.4) is 0 Å². The predicted octanol–water partition coefficient (Wildman–Crippen LogP) is -2.02. The van der Waals surface area contributed by atoms with Gasteiger partial charge in [-0.3, -0.25) is 34.7 Å². The Bertz CT molecular complexity index is 679. The minimum absolute atomic E-state index is 0.00912. The van der Waals surface area contributed by atoms with Crippen molar-refractivity contribution in [3.63, 3.8) is 0 Å². The summed E-state index contributed by atoms with van der Waals surface area (Å²) in [5.74, 6) is 4.52. The maximum absolute atomic E-state index is 11.6. The Balaban J connectivity index is 2.16. The molecule has 11 nitrogen and oxygen atoms in total. The van der Waals surface area contributed by atoms with Crippen LogP contribution in [0.25, 0.3) is 0 Å². The van der Waals surface area contributed by atoms with Crippen LogP contribution in [-0.2, 0) is 16.1 Å². The number of ether oxygens (including phenoxy) is 1. The van der Waals surface area contributed by atoms with Crippen LogP contribution in [0.5, 0.6) is 0 Å². The molecule has 1 aliphatic heterocycles. The number of carbonyl (C=O) groups excluding carboxylic acids is 1. The number of nitrogens with one attached hydrogen (secondary N) is 2. The Morgan fingerprint density at radius 3 is 2.90 bits per heavy atom. The van der Waals surface area contributed by atoms with Crippen LogP contribution >= 0.6 is 0 Å². The molecule has 0 spiro atoms. The van der Waals surface area contributed by atoms with Crippen molar-refractivity contribution in [3.8, 4) is 0 Å². The van der Waals surface area contributed by atoms with Crippen molar-refractivity contribution in [3.05, 3.63) is 37.1 Å². The van der Waals surface area contributed by atoms with Gasteiger partial charge in [-0.05, 0) is 12.8 Å². The average Bonchev–Trinajstić information content (AvgIpc) is 2.89. The molecule has 4 N–H and O–H groups in total. The molecule has 2 atom stereocenters. The number of H-pyrrole nitrogens is 1. The number of nitrogens with two attached hydrogens (primary N) is 1. The van der Waals surface area contributed by atoms with Crippen LogP contribution in [0, 0.1) is 10.1 Å². The maximum Gasteiger partial charge on any atom is 0.350 e. The molecule has 0 radical (unpaired) electrons. The molecule has 1 aromatic heterocycles. The first kappa shape index (κ1) is 14.9. The zero-order chi connectivity index (χ0) is 15.6. The standard InChI is InChI=1S/C10H13N5O6/c11-13-9(17)7-2-1-5(21-7)3-14-4-6(15(19)20)8(16)12-10(14)18/h4-5,7H,1-3,11H2,(H,13,17)(H,12,16,18). The Morgan fingerprint density at radius 2 is 2.29 bits per heavy atom. The second kappa shape index (κ2) is 5.85. The van der Waals surface area contributed by atoms with Crippen molar-refractivity contribution in [1.82, 2.24) is 15.0 Å². The smallest absolute Gasteiger partial charge is 0.350 e. The minimum atomic E-state index is -1.06. The third kappa shape index (κ3) is 3.14. The number of rotatable bonds is 4. The summed E-state index contributed by atoms with van der Waals surface area (Å²) < 4.78 is 6.37. The fraction of sp³-hybridized carbons (Fsp3) is 0.500. The number of nitro groups is 1. The van der Waals surface area contributed by atoms with Gasteiger partial charge in [0, 0.05) is 0 Å². The van der Waals surface area contributed by atoms with Gasteiger partial charge in [0.05, 0.1) is 23.8 Å². The van der Waals surface area contributed by atoms with Gasteiger partial charge in [0.15, 0.2) is 0 Å². The molecular weight excluding hydrogens is 286 g/mol. The fourth-order valence-corrected chi connectivity index (χ4v) is 2.11. The zero-order valence-electron chi connectivity index (χ0n) is 10.8. The highest BCUT2D eigenvalue weighted by Crippen LogP contribution is 2.20. The monoisotopic (exact) mass is 299 g/mol. The topological polar surface area (TPSA) is 162 Å². The Kier molecular flexibility index (Phi) is 4.14. The molecule has 1 saturated heterocycles. The van der Waals surface area contributed by atoms with E-state index in [2.05, 4.69) is 0 Å². The Morgan fingerprint density at radius 1 is 1.57 bits per heavy atom. The van der Waals surface area contributed by atoms with Crippen molar-refractivity contribution in [1.29, 1.82) is 0 Å². The second-order valence-electron chi connectivity index (χ2n) is 4.52. The summed E-state index contributed by atoms with van der Waals surface area (Å²) in [7, 11) is 0. The Hall–Kier alpha value is -2.53. The normalized spacial score (nSPS) is 21.2. The van der Waals surface area contributed by atoms with Crippen LogP contribution < -0.4 is 22.5 Å². The number of hydrogen-bond donors (Lipinski definition) is 3. The van der Waals surface area contributed by atoms with Gasteiger partial charge >= 0.3 is 16.9 Å². The fourth-order valence-electron chi connectivity index (χ4n) is 2.11. The molecule has 1 amide bonds. The summed E-state index contributed by atoms with van der Waals surface area (Å²) in [6.45, 7) is -0.00912. The summed E-state index contributed by atoms with van der Waals surface area (Å²) in [4.78, 5) is 45.8. The highest BCUT2D eigenvalue weighted by molar-refractivity contribution is 5.80. The molecule has 0 bridgehead atoms. The van der Waals surface area contributed by atoms with Crippen molar-refractivity contribution in [2.45, 2.75) is 31.6 Å². The van der Waals surface area contributed by atoms with Crippen molar-refractivity contribution < 1.29 is 14.5 Å². The van der Waals surface area contributed by atoms with Crippen molar-refractivity contribution in [2.75, 3.05) is 0 Å². The Labute approximate surface area is 116 Å². The number of carbonyl (C=O) groups is 1. The van der Waals surface area contributed by atoms with Crippen LogP contribution in [0.1, 0.15) is 12.8 Å². The van der Waals surface area contributed by atoms with E-state index >= 15 is 0 Å². The molecule has 21 heavy (non-hydrogen) atoms. The SMILES string of the molecule is NNC(=O)C1CCC(Cn2cc([N+](=O)[O-])c(=O)[nH]c2=O)O1. The predicted molar refractivity (Wildman–Crippen MR) is 68.2 cm³/mol. The third-order valence-corrected chi connectivity index (χ3v) is 3.13.